The minimum atomic E-state index is 0.287. The Labute approximate surface area is 128 Å². The first-order valence-electron chi connectivity index (χ1n) is 7.90. The quantitative estimate of drug-likeness (QED) is 0.925. The predicted octanol–water partition coefficient (Wildman–Crippen LogP) is 2.69. The van der Waals surface area contributed by atoms with E-state index in [1.165, 1.54) is 12.0 Å². The molecule has 118 valence electrons. The van der Waals surface area contributed by atoms with E-state index in [1.807, 2.05) is 12.3 Å². The highest BCUT2D eigenvalue weighted by Crippen LogP contribution is 2.25. The number of nitrogens with one attached hydrogen (secondary N) is 1. The molecular formula is C17H29N3O. The molecule has 0 aliphatic carbocycles. The zero-order chi connectivity index (χ0) is 15.5. The van der Waals surface area contributed by atoms with Crippen molar-refractivity contribution in [3.63, 3.8) is 0 Å². The van der Waals surface area contributed by atoms with E-state index in [0.717, 1.165) is 19.6 Å². The molecule has 21 heavy (non-hydrogen) atoms. The summed E-state index contributed by atoms with van der Waals surface area (Å²) in [6.45, 7) is 12.3. The molecule has 0 amide bonds. The van der Waals surface area contributed by atoms with Crippen molar-refractivity contribution in [2.24, 2.45) is 5.41 Å². The summed E-state index contributed by atoms with van der Waals surface area (Å²) in [5, 5.41) is 3.72. The first-order valence-corrected chi connectivity index (χ1v) is 7.90. The molecule has 0 saturated carbocycles. The van der Waals surface area contributed by atoms with Crippen LogP contribution in [0.4, 0.5) is 0 Å². The fourth-order valence-corrected chi connectivity index (χ4v) is 2.89. The molecule has 1 aliphatic heterocycles. The van der Waals surface area contributed by atoms with Crippen molar-refractivity contribution in [2.75, 3.05) is 20.2 Å². The fourth-order valence-electron chi connectivity index (χ4n) is 2.89. The Morgan fingerprint density at radius 1 is 1.38 bits per heavy atom. The van der Waals surface area contributed by atoms with Crippen molar-refractivity contribution in [1.82, 2.24) is 15.2 Å². The van der Waals surface area contributed by atoms with Crippen LogP contribution in [0, 0.1) is 5.41 Å². The largest absolute Gasteiger partial charge is 0.481 e. The molecule has 1 saturated heterocycles. The number of pyridine rings is 1. The average molecular weight is 291 g/mol. The molecule has 0 aromatic carbocycles. The molecular weight excluding hydrogens is 262 g/mol. The van der Waals surface area contributed by atoms with Crippen molar-refractivity contribution < 1.29 is 4.74 Å². The Hall–Kier alpha value is -1.13. The van der Waals surface area contributed by atoms with Gasteiger partial charge in [-0.3, -0.25) is 4.90 Å². The molecule has 1 aliphatic rings. The monoisotopic (exact) mass is 291 g/mol. The molecule has 2 atom stereocenters. The first-order chi connectivity index (χ1) is 9.94. The van der Waals surface area contributed by atoms with E-state index < -0.39 is 0 Å². The van der Waals surface area contributed by atoms with Crippen LogP contribution in [0.15, 0.2) is 18.3 Å². The molecule has 1 fully saturated rings. The van der Waals surface area contributed by atoms with Crippen LogP contribution in [0.5, 0.6) is 5.88 Å². The van der Waals surface area contributed by atoms with Crippen molar-refractivity contribution in [3.8, 4) is 5.88 Å². The number of methoxy groups -OCH3 is 1. The Morgan fingerprint density at radius 3 is 2.67 bits per heavy atom. The van der Waals surface area contributed by atoms with Gasteiger partial charge < -0.3 is 10.1 Å². The topological polar surface area (TPSA) is 37.4 Å². The second kappa shape index (κ2) is 6.75. The van der Waals surface area contributed by atoms with E-state index in [-0.39, 0.29) is 5.41 Å². The second-order valence-corrected chi connectivity index (χ2v) is 7.03. The van der Waals surface area contributed by atoms with Crippen LogP contribution in [0.2, 0.25) is 0 Å². The lowest BCUT2D eigenvalue weighted by atomic mass is 9.84. The highest BCUT2D eigenvalue weighted by atomic mass is 16.5. The van der Waals surface area contributed by atoms with Gasteiger partial charge in [0.2, 0.25) is 5.88 Å². The van der Waals surface area contributed by atoms with Gasteiger partial charge in [-0.2, -0.15) is 0 Å². The molecule has 2 unspecified atom stereocenters. The summed E-state index contributed by atoms with van der Waals surface area (Å²) in [7, 11) is 1.65. The maximum Gasteiger partial charge on any atom is 0.212 e. The van der Waals surface area contributed by atoms with Crippen LogP contribution in [-0.2, 0) is 6.54 Å². The van der Waals surface area contributed by atoms with Gasteiger partial charge in [0.25, 0.3) is 0 Å². The van der Waals surface area contributed by atoms with Gasteiger partial charge in [0, 0.05) is 44.0 Å². The zero-order valence-corrected chi connectivity index (χ0v) is 14.0. The van der Waals surface area contributed by atoms with Gasteiger partial charge in [-0.15, -0.1) is 0 Å². The second-order valence-electron chi connectivity index (χ2n) is 7.03. The third-order valence-electron chi connectivity index (χ3n) is 4.44. The van der Waals surface area contributed by atoms with Gasteiger partial charge >= 0.3 is 0 Å². The van der Waals surface area contributed by atoms with Gasteiger partial charge in [0.1, 0.15) is 0 Å². The van der Waals surface area contributed by atoms with Crippen LogP contribution in [0.25, 0.3) is 0 Å². The lowest BCUT2D eigenvalue weighted by Crippen LogP contribution is -2.59. The van der Waals surface area contributed by atoms with Crippen LogP contribution < -0.4 is 10.1 Å². The molecule has 1 N–H and O–H groups in total. The Kier molecular flexibility index (Phi) is 5.22. The molecule has 1 aromatic heterocycles. The number of rotatable bonds is 4. The maximum absolute atomic E-state index is 5.13. The minimum Gasteiger partial charge on any atom is -0.481 e. The molecule has 1 aromatic rings. The summed E-state index contributed by atoms with van der Waals surface area (Å²) in [4.78, 5) is 6.91. The standard InChI is InChI=1S/C17H29N3O/c1-6-14-10-18-15(17(2,3)4)12-20(14)11-13-7-8-16(21-5)19-9-13/h7-9,14-15,18H,6,10-12H2,1-5H3. The third kappa shape index (κ3) is 4.17. The molecule has 0 radical (unpaired) electrons. The molecule has 4 heteroatoms. The van der Waals surface area contributed by atoms with Gasteiger partial charge in [0.05, 0.1) is 7.11 Å². The summed E-state index contributed by atoms with van der Waals surface area (Å²) >= 11 is 0. The number of nitrogens with zero attached hydrogens (tertiary/aromatic N) is 2. The smallest absolute Gasteiger partial charge is 0.212 e. The summed E-state index contributed by atoms with van der Waals surface area (Å²) in [5.41, 5.74) is 1.54. The number of ether oxygens (including phenoxy) is 1. The van der Waals surface area contributed by atoms with Crippen molar-refractivity contribution in [1.29, 1.82) is 0 Å². The Balaban J connectivity index is 2.06. The van der Waals surface area contributed by atoms with Gasteiger partial charge in [-0.25, -0.2) is 4.98 Å². The maximum atomic E-state index is 5.13. The number of aromatic nitrogens is 1. The highest BCUT2D eigenvalue weighted by molar-refractivity contribution is 5.18. The van der Waals surface area contributed by atoms with Crippen LogP contribution >= 0.6 is 0 Å². The normalized spacial score (nSPS) is 24.0. The van der Waals surface area contributed by atoms with E-state index in [2.05, 4.69) is 49.0 Å². The number of hydrogen-bond donors (Lipinski definition) is 1. The summed E-state index contributed by atoms with van der Waals surface area (Å²) in [5.74, 6) is 0.679. The van der Waals surface area contributed by atoms with Gasteiger partial charge in [-0.05, 0) is 17.4 Å². The third-order valence-corrected chi connectivity index (χ3v) is 4.44. The first kappa shape index (κ1) is 16.2. The molecule has 2 heterocycles. The van der Waals surface area contributed by atoms with E-state index in [1.54, 1.807) is 7.11 Å². The van der Waals surface area contributed by atoms with Crippen LogP contribution in [0.3, 0.4) is 0 Å². The molecule has 4 nitrogen and oxygen atoms in total. The molecule has 2 rings (SSSR count). The lowest BCUT2D eigenvalue weighted by Gasteiger charge is -2.45. The SMILES string of the molecule is CCC1CNC(C(C)(C)C)CN1Cc1ccc(OC)nc1. The molecule has 0 bridgehead atoms. The number of hydrogen-bond acceptors (Lipinski definition) is 4. The summed E-state index contributed by atoms with van der Waals surface area (Å²) in [6.07, 6.45) is 3.10. The van der Waals surface area contributed by atoms with E-state index >= 15 is 0 Å². The highest BCUT2D eigenvalue weighted by Gasteiger charge is 2.33. The van der Waals surface area contributed by atoms with Crippen molar-refractivity contribution in [2.45, 2.75) is 52.7 Å². The van der Waals surface area contributed by atoms with Gasteiger partial charge in [-0.1, -0.05) is 33.8 Å². The Bertz CT molecular complexity index is 438. The predicted molar refractivity (Wildman–Crippen MR) is 86.5 cm³/mol. The van der Waals surface area contributed by atoms with Crippen LogP contribution in [-0.4, -0.2) is 42.2 Å². The average Bonchev–Trinajstić information content (AvgIpc) is 2.47. The van der Waals surface area contributed by atoms with Crippen molar-refractivity contribution >= 4 is 0 Å². The van der Waals surface area contributed by atoms with Gasteiger partial charge in [0.15, 0.2) is 0 Å². The van der Waals surface area contributed by atoms with E-state index in [0.29, 0.717) is 18.0 Å². The Morgan fingerprint density at radius 2 is 2.14 bits per heavy atom. The van der Waals surface area contributed by atoms with E-state index in [4.69, 9.17) is 4.74 Å². The molecule has 0 spiro atoms. The lowest BCUT2D eigenvalue weighted by molar-refractivity contribution is 0.0774. The number of piperazine rings is 1. The summed E-state index contributed by atoms with van der Waals surface area (Å²) in [6, 6.07) is 5.20. The minimum absolute atomic E-state index is 0.287. The summed E-state index contributed by atoms with van der Waals surface area (Å²) < 4.78 is 5.13. The van der Waals surface area contributed by atoms with Crippen molar-refractivity contribution in [3.05, 3.63) is 23.9 Å². The van der Waals surface area contributed by atoms with E-state index in [9.17, 15) is 0 Å². The van der Waals surface area contributed by atoms with Crippen LogP contribution in [0.1, 0.15) is 39.7 Å². The zero-order valence-electron chi connectivity index (χ0n) is 14.0. The fraction of sp³-hybridized carbons (Fsp3) is 0.706.